The molecule has 1 heterocycles. The smallest absolute Gasteiger partial charge is 0.242 e. The number of ketones is 1. The molecule has 1 atom stereocenters. The Kier molecular flexibility index (Phi) is 6.95. The first-order valence-corrected chi connectivity index (χ1v) is 10.8. The summed E-state index contributed by atoms with van der Waals surface area (Å²) in [6.45, 7) is 5.68. The maximum Gasteiger partial charge on any atom is 0.242 e. The number of benzene rings is 2. The number of Topliss-reactive ketones (excluding diaryl/α,β-unsaturated/α-hetero) is 1. The van der Waals surface area contributed by atoms with Crippen LogP contribution in [-0.4, -0.2) is 39.5 Å². The van der Waals surface area contributed by atoms with Crippen molar-refractivity contribution in [3.63, 3.8) is 0 Å². The predicted octanol–water partition coefficient (Wildman–Crippen LogP) is 4.83. The lowest BCUT2D eigenvalue weighted by Gasteiger charge is -2.13. The Morgan fingerprint density at radius 2 is 2.00 bits per heavy atom. The topological polar surface area (TPSA) is 78.8 Å². The van der Waals surface area contributed by atoms with E-state index in [4.69, 9.17) is 11.6 Å². The van der Waals surface area contributed by atoms with E-state index in [1.165, 1.54) is 18.7 Å². The summed E-state index contributed by atoms with van der Waals surface area (Å²) in [6.07, 6.45) is 0.0262. The molecule has 2 aromatic carbocycles. The lowest BCUT2D eigenvalue weighted by Crippen LogP contribution is -2.33. The number of carbonyl (C=O) groups is 3. The van der Waals surface area contributed by atoms with E-state index in [0.717, 1.165) is 5.56 Å². The second kappa shape index (κ2) is 9.45. The summed E-state index contributed by atoms with van der Waals surface area (Å²) in [5.74, 6) is -0.463. The zero-order chi connectivity index (χ0) is 21.8. The molecule has 2 amide bonds. The van der Waals surface area contributed by atoms with Gasteiger partial charge in [-0.15, -0.1) is 0 Å². The first-order chi connectivity index (χ1) is 14.3. The number of hydrogen-bond acceptors (Lipinski definition) is 5. The largest absolute Gasteiger partial charge is 0.326 e. The summed E-state index contributed by atoms with van der Waals surface area (Å²) in [4.78, 5) is 43.1. The monoisotopic (exact) mass is 443 g/mol. The van der Waals surface area contributed by atoms with Gasteiger partial charge in [0.25, 0.3) is 0 Å². The molecule has 0 unspecified atom stereocenters. The molecule has 1 aliphatic rings. The highest BCUT2D eigenvalue weighted by molar-refractivity contribution is 8.15. The number of amidine groups is 1. The molecule has 2 aromatic rings. The number of anilines is 1. The molecule has 1 fully saturated rings. The van der Waals surface area contributed by atoms with Crippen LogP contribution in [0.25, 0.3) is 0 Å². The SMILES string of the molecule is CCN1C(=O)[C@@H](CC(=O)Nc2cc(Cl)ccc2C)SC1=Nc1cccc(C(C)=O)c1. The minimum Gasteiger partial charge on any atom is -0.326 e. The van der Waals surface area contributed by atoms with Gasteiger partial charge in [0.2, 0.25) is 11.8 Å². The standard InChI is InChI=1S/C22H22ClN3O3S/c1-4-26-21(29)19(12-20(28)25-18-11-16(23)9-8-13(18)2)30-22(26)24-17-7-5-6-15(10-17)14(3)27/h5-11,19H,4,12H2,1-3H3,(H,25,28)/t19-/m1/s1. The fourth-order valence-corrected chi connectivity index (χ4v) is 4.41. The van der Waals surface area contributed by atoms with Gasteiger partial charge in [0.05, 0.1) is 5.69 Å². The summed E-state index contributed by atoms with van der Waals surface area (Å²) < 4.78 is 0. The van der Waals surface area contributed by atoms with Crippen LogP contribution < -0.4 is 5.32 Å². The Hall–Kier alpha value is -2.64. The highest BCUT2D eigenvalue weighted by Crippen LogP contribution is 2.32. The van der Waals surface area contributed by atoms with Crippen molar-refractivity contribution in [2.75, 3.05) is 11.9 Å². The summed E-state index contributed by atoms with van der Waals surface area (Å²) in [6, 6.07) is 12.2. The van der Waals surface area contributed by atoms with Crippen molar-refractivity contribution >= 4 is 57.5 Å². The number of aryl methyl sites for hydroxylation is 1. The molecule has 0 aromatic heterocycles. The quantitative estimate of drug-likeness (QED) is 0.648. The second-order valence-electron chi connectivity index (χ2n) is 6.90. The van der Waals surface area contributed by atoms with Gasteiger partial charge in [-0.3, -0.25) is 19.3 Å². The van der Waals surface area contributed by atoms with Gasteiger partial charge in [0, 0.05) is 29.2 Å². The molecule has 156 valence electrons. The van der Waals surface area contributed by atoms with E-state index in [2.05, 4.69) is 10.3 Å². The van der Waals surface area contributed by atoms with Crippen molar-refractivity contribution in [2.45, 2.75) is 32.4 Å². The van der Waals surface area contributed by atoms with Gasteiger partial charge in [0.1, 0.15) is 5.25 Å². The van der Waals surface area contributed by atoms with Crippen molar-refractivity contribution in [1.29, 1.82) is 0 Å². The molecule has 3 rings (SSSR count). The van der Waals surface area contributed by atoms with Crippen LogP contribution in [0.4, 0.5) is 11.4 Å². The van der Waals surface area contributed by atoms with Gasteiger partial charge in [-0.25, -0.2) is 4.99 Å². The lowest BCUT2D eigenvalue weighted by molar-refractivity contribution is -0.128. The number of amides is 2. The molecule has 1 N–H and O–H groups in total. The molecular formula is C22H22ClN3O3S. The van der Waals surface area contributed by atoms with Crippen LogP contribution in [0.5, 0.6) is 0 Å². The van der Waals surface area contributed by atoms with Gasteiger partial charge >= 0.3 is 0 Å². The molecule has 30 heavy (non-hydrogen) atoms. The molecule has 1 saturated heterocycles. The molecule has 0 radical (unpaired) electrons. The molecule has 8 heteroatoms. The van der Waals surface area contributed by atoms with Gasteiger partial charge in [-0.1, -0.05) is 41.6 Å². The van der Waals surface area contributed by atoms with Crippen molar-refractivity contribution in [1.82, 2.24) is 4.90 Å². The highest BCUT2D eigenvalue weighted by atomic mass is 35.5. The van der Waals surface area contributed by atoms with Gasteiger partial charge < -0.3 is 5.32 Å². The van der Waals surface area contributed by atoms with Crippen LogP contribution in [0, 0.1) is 6.92 Å². The maximum absolute atomic E-state index is 12.8. The van der Waals surface area contributed by atoms with Crippen molar-refractivity contribution in [3.8, 4) is 0 Å². The Bertz CT molecular complexity index is 1040. The average molecular weight is 444 g/mol. The van der Waals surface area contributed by atoms with Crippen LogP contribution >= 0.6 is 23.4 Å². The number of nitrogens with zero attached hydrogens (tertiary/aromatic N) is 2. The Balaban J connectivity index is 1.75. The van der Waals surface area contributed by atoms with E-state index < -0.39 is 5.25 Å². The van der Waals surface area contributed by atoms with Gasteiger partial charge in [-0.05, 0) is 50.6 Å². The third-order valence-electron chi connectivity index (χ3n) is 4.66. The third-order valence-corrected chi connectivity index (χ3v) is 6.07. The summed E-state index contributed by atoms with van der Waals surface area (Å²) >= 11 is 7.27. The minimum absolute atomic E-state index is 0.0262. The van der Waals surface area contributed by atoms with E-state index >= 15 is 0 Å². The van der Waals surface area contributed by atoms with Gasteiger partial charge in [0.15, 0.2) is 11.0 Å². The number of carbonyl (C=O) groups excluding carboxylic acids is 3. The van der Waals surface area contributed by atoms with Crippen LogP contribution in [0.15, 0.2) is 47.5 Å². The summed E-state index contributed by atoms with van der Waals surface area (Å²) in [7, 11) is 0. The molecule has 0 aliphatic carbocycles. The zero-order valence-corrected chi connectivity index (χ0v) is 18.5. The van der Waals surface area contributed by atoms with Crippen molar-refractivity contribution in [2.24, 2.45) is 4.99 Å². The van der Waals surface area contributed by atoms with Gasteiger partial charge in [-0.2, -0.15) is 0 Å². The zero-order valence-electron chi connectivity index (χ0n) is 16.9. The van der Waals surface area contributed by atoms with E-state index in [9.17, 15) is 14.4 Å². The Labute approximate surface area is 184 Å². The van der Waals surface area contributed by atoms with Crippen LogP contribution in [-0.2, 0) is 9.59 Å². The number of aliphatic imine (C=N–C) groups is 1. The summed E-state index contributed by atoms with van der Waals surface area (Å²) in [5, 5.41) is 3.33. The number of nitrogens with one attached hydrogen (secondary N) is 1. The van der Waals surface area contributed by atoms with Crippen LogP contribution in [0.3, 0.4) is 0 Å². The maximum atomic E-state index is 12.8. The van der Waals surface area contributed by atoms with E-state index in [1.807, 2.05) is 19.9 Å². The third kappa shape index (κ3) is 5.09. The fraction of sp³-hybridized carbons (Fsp3) is 0.273. The van der Waals surface area contributed by atoms with E-state index in [0.29, 0.717) is 33.7 Å². The number of hydrogen-bond donors (Lipinski definition) is 1. The first kappa shape index (κ1) is 22.1. The molecule has 0 spiro atoms. The van der Waals surface area contributed by atoms with Crippen LogP contribution in [0.1, 0.15) is 36.2 Å². The highest BCUT2D eigenvalue weighted by Gasteiger charge is 2.38. The summed E-state index contributed by atoms with van der Waals surface area (Å²) in [5.41, 5.74) is 2.67. The average Bonchev–Trinajstić information content (AvgIpc) is 2.98. The predicted molar refractivity (Wildman–Crippen MR) is 122 cm³/mol. The number of halogens is 1. The van der Waals surface area contributed by atoms with Crippen molar-refractivity contribution in [3.05, 3.63) is 58.6 Å². The van der Waals surface area contributed by atoms with E-state index in [-0.39, 0.29) is 24.0 Å². The lowest BCUT2D eigenvalue weighted by atomic mass is 10.1. The van der Waals surface area contributed by atoms with Crippen molar-refractivity contribution < 1.29 is 14.4 Å². The molecule has 6 nitrogen and oxygen atoms in total. The van der Waals surface area contributed by atoms with E-state index in [1.54, 1.807) is 41.3 Å². The number of rotatable bonds is 6. The second-order valence-corrected chi connectivity index (χ2v) is 8.51. The Morgan fingerprint density at radius 3 is 2.70 bits per heavy atom. The Morgan fingerprint density at radius 1 is 1.23 bits per heavy atom. The van der Waals surface area contributed by atoms with Crippen LogP contribution in [0.2, 0.25) is 5.02 Å². The molecular weight excluding hydrogens is 422 g/mol. The number of thioether (sulfide) groups is 1. The molecule has 0 bridgehead atoms. The minimum atomic E-state index is -0.556. The first-order valence-electron chi connectivity index (χ1n) is 9.52. The normalized spacial score (nSPS) is 17.5. The molecule has 0 saturated carbocycles. The fourth-order valence-electron chi connectivity index (χ4n) is 3.02. The molecule has 1 aliphatic heterocycles.